The number of aromatic nitrogens is 4. The van der Waals surface area contributed by atoms with Crippen molar-refractivity contribution in [2.24, 2.45) is 5.92 Å². The van der Waals surface area contributed by atoms with Gasteiger partial charge < -0.3 is 15.2 Å². The second kappa shape index (κ2) is 8.12. The summed E-state index contributed by atoms with van der Waals surface area (Å²) < 4.78 is 9.79. The van der Waals surface area contributed by atoms with E-state index in [1.165, 1.54) is 11.1 Å². The standard InChI is InChI=1S/C18H29N5O2/c1-4-22-12-16(10-20-22)18-15(5-8-25-18)9-19-11-17-13(2)21-23(6-7-24)14(17)3/h10,12,15,18-19,24H,4-9,11H2,1-3H3/t15-,18+/m0/s1. The third-order valence-electron chi connectivity index (χ3n) is 5.07. The van der Waals surface area contributed by atoms with Gasteiger partial charge in [-0.3, -0.25) is 9.36 Å². The van der Waals surface area contributed by atoms with E-state index in [2.05, 4.69) is 35.6 Å². The van der Waals surface area contributed by atoms with E-state index in [0.29, 0.717) is 12.5 Å². The number of hydrogen-bond donors (Lipinski definition) is 2. The number of rotatable bonds is 8. The van der Waals surface area contributed by atoms with Crippen LogP contribution < -0.4 is 5.32 Å². The van der Waals surface area contributed by atoms with Gasteiger partial charge in [-0.05, 0) is 27.2 Å². The number of aryl methyl sites for hydroxylation is 2. The van der Waals surface area contributed by atoms with Gasteiger partial charge in [0.05, 0.1) is 31.1 Å². The quantitative estimate of drug-likeness (QED) is 0.758. The molecule has 3 rings (SSSR count). The molecule has 1 aliphatic rings. The topological polar surface area (TPSA) is 77.1 Å². The molecule has 25 heavy (non-hydrogen) atoms. The van der Waals surface area contributed by atoms with Gasteiger partial charge in [0.15, 0.2) is 0 Å². The smallest absolute Gasteiger partial charge is 0.0896 e. The van der Waals surface area contributed by atoms with E-state index in [1.807, 2.05) is 22.5 Å². The summed E-state index contributed by atoms with van der Waals surface area (Å²) in [6, 6.07) is 0. The molecule has 0 amide bonds. The van der Waals surface area contributed by atoms with E-state index in [9.17, 15) is 0 Å². The minimum atomic E-state index is 0.112. The second-order valence-corrected chi connectivity index (χ2v) is 6.70. The normalized spacial score (nSPS) is 20.5. The molecule has 1 fully saturated rings. The van der Waals surface area contributed by atoms with Crippen LogP contribution in [0.25, 0.3) is 0 Å². The van der Waals surface area contributed by atoms with Crippen LogP contribution in [0.2, 0.25) is 0 Å². The largest absolute Gasteiger partial charge is 0.394 e. The average Bonchev–Trinajstić information content (AvgIpc) is 3.30. The van der Waals surface area contributed by atoms with Crippen molar-refractivity contribution in [3.05, 3.63) is 34.9 Å². The molecule has 0 unspecified atom stereocenters. The predicted octanol–water partition coefficient (Wildman–Crippen LogP) is 1.58. The molecule has 3 heterocycles. The Labute approximate surface area is 149 Å². The molecule has 0 radical (unpaired) electrons. The molecule has 0 saturated carbocycles. The lowest BCUT2D eigenvalue weighted by Crippen LogP contribution is -2.25. The highest BCUT2D eigenvalue weighted by atomic mass is 16.5. The second-order valence-electron chi connectivity index (χ2n) is 6.70. The number of aliphatic hydroxyl groups is 1. The fraction of sp³-hybridized carbons (Fsp3) is 0.667. The van der Waals surface area contributed by atoms with Crippen molar-refractivity contribution in [2.45, 2.75) is 52.9 Å². The fourth-order valence-electron chi connectivity index (χ4n) is 3.60. The van der Waals surface area contributed by atoms with Gasteiger partial charge in [0.2, 0.25) is 0 Å². The van der Waals surface area contributed by atoms with Gasteiger partial charge in [-0.25, -0.2) is 0 Å². The number of nitrogens with zero attached hydrogens (tertiary/aromatic N) is 4. The van der Waals surface area contributed by atoms with E-state index in [0.717, 1.165) is 44.0 Å². The molecule has 7 nitrogen and oxygen atoms in total. The van der Waals surface area contributed by atoms with Crippen LogP contribution in [0.3, 0.4) is 0 Å². The first-order valence-corrected chi connectivity index (χ1v) is 9.12. The Morgan fingerprint density at radius 1 is 1.40 bits per heavy atom. The van der Waals surface area contributed by atoms with Gasteiger partial charge in [-0.15, -0.1) is 0 Å². The maximum Gasteiger partial charge on any atom is 0.0896 e. The molecular formula is C18H29N5O2. The van der Waals surface area contributed by atoms with Crippen LogP contribution in [0.5, 0.6) is 0 Å². The summed E-state index contributed by atoms with van der Waals surface area (Å²) in [5.74, 6) is 0.461. The van der Waals surface area contributed by atoms with Crippen LogP contribution in [0, 0.1) is 19.8 Å². The monoisotopic (exact) mass is 347 g/mol. The van der Waals surface area contributed by atoms with E-state index in [-0.39, 0.29) is 12.7 Å². The third kappa shape index (κ3) is 3.94. The van der Waals surface area contributed by atoms with E-state index in [1.54, 1.807) is 0 Å². The summed E-state index contributed by atoms with van der Waals surface area (Å²) in [4.78, 5) is 0. The molecule has 0 spiro atoms. The van der Waals surface area contributed by atoms with Gasteiger partial charge >= 0.3 is 0 Å². The number of nitrogens with one attached hydrogen (secondary N) is 1. The Balaban J connectivity index is 1.58. The number of hydrogen-bond acceptors (Lipinski definition) is 5. The number of aliphatic hydroxyl groups excluding tert-OH is 1. The zero-order chi connectivity index (χ0) is 17.8. The average molecular weight is 347 g/mol. The lowest BCUT2D eigenvalue weighted by Gasteiger charge is -2.18. The Kier molecular flexibility index (Phi) is 5.88. The van der Waals surface area contributed by atoms with Crippen molar-refractivity contribution in [1.82, 2.24) is 24.9 Å². The summed E-state index contributed by atoms with van der Waals surface area (Å²) in [6.45, 7) is 10.2. The van der Waals surface area contributed by atoms with Gasteiger partial charge in [-0.2, -0.15) is 10.2 Å². The molecule has 2 aromatic heterocycles. The molecular weight excluding hydrogens is 318 g/mol. The first-order valence-electron chi connectivity index (χ1n) is 9.12. The molecule has 1 aliphatic heterocycles. The molecule has 0 bridgehead atoms. The van der Waals surface area contributed by atoms with Gasteiger partial charge in [0.1, 0.15) is 0 Å². The van der Waals surface area contributed by atoms with Crippen LogP contribution in [0.4, 0.5) is 0 Å². The fourth-order valence-corrected chi connectivity index (χ4v) is 3.60. The minimum absolute atomic E-state index is 0.112. The predicted molar refractivity (Wildman–Crippen MR) is 95.2 cm³/mol. The Morgan fingerprint density at radius 3 is 2.96 bits per heavy atom. The Morgan fingerprint density at radius 2 is 2.24 bits per heavy atom. The molecule has 1 saturated heterocycles. The maximum atomic E-state index is 9.12. The summed E-state index contributed by atoms with van der Waals surface area (Å²) in [6.07, 6.45) is 5.22. The molecule has 138 valence electrons. The molecule has 0 aromatic carbocycles. The molecule has 7 heteroatoms. The van der Waals surface area contributed by atoms with Crippen molar-refractivity contribution in [1.29, 1.82) is 0 Å². The first-order chi connectivity index (χ1) is 12.1. The van der Waals surface area contributed by atoms with Crippen LogP contribution in [-0.2, 0) is 24.4 Å². The highest BCUT2D eigenvalue weighted by Gasteiger charge is 2.30. The van der Waals surface area contributed by atoms with Gasteiger partial charge in [-0.1, -0.05) is 0 Å². The van der Waals surface area contributed by atoms with Crippen LogP contribution in [-0.4, -0.2) is 44.4 Å². The van der Waals surface area contributed by atoms with Crippen molar-refractivity contribution in [3.8, 4) is 0 Å². The highest BCUT2D eigenvalue weighted by Crippen LogP contribution is 2.33. The van der Waals surface area contributed by atoms with Crippen molar-refractivity contribution in [2.75, 3.05) is 19.8 Å². The minimum Gasteiger partial charge on any atom is -0.394 e. The van der Waals surface area contributed by atoms with Gasteiger partial charge in [0.25, 0.3) is 0 Å². The van der Waals surface area contributed by atoms with Crippen LogP contribution in [0.1, 0.15) is 42.0 Å². The van der Waals surface area contributed by atoms with Crippen molar-refractivity contribution >= 4 is 0 Å². The van der Waals surface area contributed by atoms with E-state index in [4.69, 9.17) is 9.84 Å². The van der Waals surface area contributed by atoms with Gasteiger partial charge in [0, 0.05) is 55.2 Å². The zero-order valence-electron chi connectivity index (χ0n) is 15.4. The molecule has 2 atom stereocenters. The SMILES string of the molecule is CCn1cc([C@@H]2OCC[C@H]2CNCc2c(C)nn(CCO)c2C)cn1. The lowest BCUT2D eigenvalue weighted by molar-refractivity contribution is 0.0903. The molecule has 0 aliphatic carbocycles. The van der Waals surface area contributed by atoms with E-state index < -0.39 is 0 Å². The van der Waals surface area contributed by atoms with Crippen LogP contribution >= 0.6 is 0 Å². The van der Waals surface area contributed by atoms with E-state index >= 15 is 0 Å². The zero-order valence-corrected chi connectivity index (χ0v) is 15.4. The Hall–Kier alpha value is -1.70. The highest BCUT2D eigenvalue weighted by molar-refractivity contribution is 5.24. The summed E-state index contributed by atoms with van der Waals surface area (Å²) in [5.41, 5.74) is 4.56. The Bertz CT molecular complexity index is 694. The van der Waals surface area contributed by atoms with Crippen molar-refractivity contribution in [3.63, 3.8) is 0 Å². The van der Waals surface area contributed by atoms with Crippen LogP contribution in [0.15, 0.2) is 12.4 Å². The molecule has 2 aromatic rings. The third-order valence-corrected chi connectivity index (χ3v) is 5.07. The molecule has 2 N–H and O–H groups in total. The summed E-state index contributed by atoms with van der Waals surface area (Å²) in [7, 11) is 0. The van der Waals surface area contributed by atoms with Crippen molar-refractivity contribution < 1.29 is 9.84 Å². The number of ether oxygens (including phenoxy) is 1. The summed E-state index contributed by atoms with van der Waals surface area (Å²) >= 11 is 0. The lowest BCUT2D eigenvalue weighted by atomic mass is 9.97. The summed E-state index contributed by atoms with van der Waals surface area (Å²) in [5, 5.41) is 21.6. The maximum absolute atomic E-state index is 9.12. The first kappa shape index (κ1) is 18.1.